The van der Waals surface area contributed by atoms with Crippen LogP contribution in [0.15, 0.2) is 60.8 Å². The van der Waals surface area contributed by atoms with Crippen LogP contribution in [0, 0.1) is 0 Å². The predicted octanol–water partition coefficient (Wildman–Crippen LogP) is 21.6. The number of carbonyl (C=O) groups is 3. The molecule has 6 heteroatoms. The molecule has 0 radical (unpaired) electrons. The van der Waals surface area contributed by atoms with E-state index in [0.29, 0.717) is 19.3 Å². The number of ether oxygens (including phenoxy) is 3. The zero-order valence-electron chi connectivity index (χ0n) is 48.7. The molecule has 0 bridgehead atoms. The largest absolute Gasteiger partial charge is 0.462 e. The molecule has 0 N–H and O–H groups in total. The molecule has 0 spiro atoms. The SMILES string of the molecule is CCCCC/C=C\C/C=C\C/C=C\CCCCC(=O)OC[C@@H](COC(=O)CCCCCCCCCCC/C=C\C/C=C\CCCCC)OC(=O)CCCCCCCCCCCCCCCCCCCCCCC. The second kappa shape index (κ2) is 61.7. The first-order chi connectivity index (χ1) is 36.0. The van der Waals surface area contributed by atoms with Gasteiger partial charge in [-0.3, -0.25) is 14.4 Å². The van der Waals surface area contributed by atoms with Crippen LogP contribution >= 0.6 is 0 Å². The Labute approximate surface area is 453 Å². The molecule has 0 aromatic carbocycles. The average molecular weight is 1020 g/mol. The lowest BCUT2D eigenvalue weighted by molar-refractivity contribution is -0.167. The van der Waals surface area contributed by atoms with Gasteiger partial charge in [0, 0.05) is 19.3 Å². The standard InChI is InChI=1S/C67H120O6/c1-4-7-10-13-16-19-22-25-28-30-32-33-35-37-40-43-46-49-52-55-58-61-67(70)73-64(62-71-65(68)59-56-53-50-47-44-41-38-27-24-21-18-15-12-9-6-3)63-72-66(69)60-57-54-51-48-45-42-39-36-34-31-29-26-23-20-17-14-11-8-5-2/h17-18,20-21,26-27,29,38,44,47,64H,4-16,19,22-25,28,30-37,39-43,45-46,48-63H2,1-3H3/b20-17-,21-18-,29-26-,38-27-,47-44-/t64-/m0/s1. The summed E-state index contributed by atoms with van der Waals surface area (Å²) in [7, 11) is 0. The number of hydrogen-bond donors (Lipinski definition) is 0. The van der Waals surface area contributed by atoms with Gasteiger partial charge in [-0.05, 0) is 89.9 Å². The van der Waals surface area contributed by atoms with Crippen molar-refractivity contribution < 1.29 is 28.6 Å². The molecular formula is C67H120O6. The van der Waals surface area contributed by atoms with Crippen LogP contribution < -0.4 is 0 Å². The highest BCUT2D eigenvalue weighted by Crippen LogP contribution is 2.17. The quantitative estimate of drug-likeness (QED) is 0.0261. The molecule has 0 saturated carbocycles. The summed E-state index contributed by atoms with van der Waals surface area (Å²) in [5.74, 6) is -0.911. The molecule has 0 aromatic rings. The highest BCUT2D eigenvalue weighted by molar-refractivity contribution is 5.71. The molecule has 0 fully saturated rings. The Hall–Kier alpha value is -2.89. The molecule has 0 unspecified atom stereocenters. The van der Waals surface area contributed by atoms with E-state index in [4.69, 9.17) is 14.2 Å². The van der Waals surface area contributed by atoms with E-state index in [1.807, 2.05) is 0 Å². The fraction of sp³-hybridized carbons (Fsp3) is 0.806. The molecule has 0 saturated heterocycles. The van der Waals surface area contributed by atoms with E-state index < -0.39 is 6.10 Å². The number of unbranched alkanes of at least 4 members (excludes halogenated alkanes) is 37. The lowest BCUT2D eigenvalue weighted by Crippen LogP contribution is -2.30. The van der Waals surface area contributed by atoms with Crippen molar-refractivity contribution in [2.45, 2.75) is 335 Å². The van der Waals surface area contributed by atoms with E-state index in [1.165, 1.54) is 212 Å². The van der Waals surface area contributed by atoms with Gasteiger partial charge in [0.15, 0.2) is 6.10 Å². The lowest BCUT2D eigenvalue weighted by Gasteiger charge is -2.18. The van der Waals surface area contributed by atoms with Crippen LogP contribution in [0.1, 0.15) is 329 Å². The summed E-state index contributed by atoms with van der Waals surface area (Å²) < 4.78 is 16.9. The summed E-state index contributed by atoms with van der Waals surface area (Å²) in [6.07, 6.45) is 78.0. The van der Waals surface area contributed by atoms with Crippen molar-refractivity contribution in [3.05, 3.63) is 60.8 Å². The van der Waals surface area contributed by atoms with Crippen LogP contribution in [0.5, 0.6) is 0 Å². The first kappa shape index (κ1) is 70.1. The molecule has 1 atom stereocenters. The van der Waals surface area contributed by atoms with Crippen LogP contribution in [0.25, 0.3) is 0 Å². The van der Waals surface area contributed by atoms with Crippen molar-refractivity contribution in [1.82, 2.24) is 0 Å². The number of rotatable bonds is 58. The van der Waals surface area contributed by atoms with Crippen LogP contribution in [-0.4, -0.2) is 37.2 Å². The van der Waals surface area contributed by atoms with Crippen molar-refractivity contribution in [1.29, 1.82) is 0 Å². The number of hydrogen-bond acceptors (Lipinski definition) is 6. The minimum Gasteiger partial charge on any atom is -0.462 e. The summed E-state index contributed by atoms with van der Waals surface area (Å²) in [6, 6.07) is 0. The van der Waals surface area contributed by atoms with Gasteiger partial charge in [-0.25, -0.2) is 0 Å². The Kier molecular flexibility index (Phi) is 59.2. The Morgan fingerprint density at radius 3 is 0.822 bits per heavy atom. The van der Waals surface area contributed by atoms with Gasteiger partial charge in [-0.2, -0.15) is 0 Å². The molecule has 6 nitrogen and oxygen atoms in total. The minimum atomic E-state index is -0.791. The van der Waals surface area contributed by atoms with Crippen LogP contribution in [0.4, 0.5) is 0 Å². The molecule has 0 aliphatic carbocycles. The summed E-state index contributed by atoms with van der Waals surface area (Å²) in [4.78, 5) is 38.3. The first-order valence-corrected chi connectivity index (χ1v) is 31.8. The number of carbonyl (C=O) groups excluding carboxylic acids is 3. The first-order valence-electron chi connectivity index (χ1n) is 31.8. The smallest absolute Gasteiger partial charge is 0.306 e. The normalized spacial score (nSPS) is 12.4. The Bertz CT molecular complexity index is 1310. The van der Waals surface area contributed by atoms with Crippen molar-refractivity contribution in [2.24, 2.45) is 0 Å². The van der Waals surface area contributed by atoms with E-state index in [2.05, 4.69) is 81.5 Å². The minimum absolute atomic E-state index is 0.0857. The van der Waals surface area contributed by atoms with E-state index in [0.717, 1.165) is 77.0 Å². The predicted molar refractivity (Wildman–Crippen MR) is 316 cm³/mol. The third-order valence-electron chi connectivity index (χ3n) is 14.0. The van der Waals surface area contributed by atoms with Gasteiger partial charge < -0.3 is 14.2 Å². The monoisotopic (exact) mass is 1020 g/mol. The van der Waals surface area contributed by atoms with Gasteiger partial charge in [0.05, 0.1) is 0 Å². The lowest BCUT2D eigenvalue weighted by atomic mass is 10.0. The molecule has 424 valence electrons. The molecule has 0 aliphatic rings. The molecule has 0 amide bonds. The van der Waals surface area contributed by atoms with Gasteiger partial charge in [-0.15, -0.1) is 0 Å². The Balaban J connectivity index is 4.37. The van der Waals surface area contributed by atoms with E-state index in [9.17, 15) is 14.4 Å². The van der Waals surface area contributed by atoms with Crippen molar-refractivity contribution >= 4 is 17.9 Å². The average Bonchev–Trinajstić information content (AvgIpc) is 3.39. The third-order valence-corrected chi connectivity index (χ3v) is 14.0. The molecule has 0 heterocycles. The van der Waals surface area contributed by atoms with Gasteiger partial charge in [0.2, 0.25) is 0 Å². The zero-order valence-corrected chi connectivity index (χ0v) is 48.7. The maximum absolute atomic E-state index is 12.9. The van der Waals surface area contributed by atoms with Crippen LogP contribution in [0.2, 0.25) is 0 Å². The summed E-state index contributed by atoms with van der Waals surface area (Å²) in [6.45, 7) is 6.60. The maximum atomic E-state index is 12.9. The Morgan fingerprint density at radius 2 is 0.493 bits per heavy atom. The summed E-state index contributed by atoms with van der Waals surface area (Å²) >= 11 is 0. The highest BCUT2D eigenvalue weighted by atomic mass is 16.6. The van der Waals surface area contributed by atoms with Crippen LogP contribution in [0.3, 0.4) is 0 Å². The summed E-state index contributed by atoms with van der Waals surface area (Å²) in [5, 5.41) is 0. The van der Waals surface area contributed by atoms with E-state index >= 15 is 0 Å². The third kappa shape index (κ3) is 59.9. The van der Waals surface area contributed by atoms with E-state index in [-0.39, 0.29) is 31.1 Å². The fourth-order valence-electron chi connectivity index (χ4n) is 9.19. The van der Waals surface area contributed by atoms with Crippen LogP contribution in [-0.2, 0) is 28.6 Å². The molecular weight excluding hydrogens is 901 g/mol. The maximum Gasteiger partial charge on any atom is 0.306 e. The molecule has 73 heavy (non-hydrogen) atoms. The number of esters is 3. The highest BCUT2D eigenvalue weighted by Gasteiger charge is 2.19. The van der Waals surface area contributed by atoms with Gasteiger partial charge in [0.25, 0.3) is 0 Å². The second-order valence-electron chi connectivity index (χ2n) is 21.3. The second-order valence-corrected chi connectivity index (χ2v) is 21.3. The van der Waals surface area contributed by atoms with Crippen molar-refractivity contribution in [2.75, 3.05) is 13.2 Å². The van der Waals surface area contributed by atoms with Crippen molar-refractivity contribution in [3.63, 3.8) is 0 Å². The molecule has 0 aromatic heterocycles. The van der Waals surface area contributed by atoms with Gasteiger partial charge >= 0.3 is 17.9 Å². The molecule has 0 aliphatic heterocycles. The fourth-order valence-corrected chi connectivity index (χ4v) is 9.19. The molecule has 0 rings (SSSR count). The topological polar surface area (TPSA) is 78.9 Å². The van der Waals surface area contributed by atoms with E-state index in [1.54, 1.807) is 0 Å². The zero-order chi connectivity index (χ0) is 52.9. The Morgan fingerprint density at radius 1 is 0.274 bits per heavy atom. The van der Waals surface area contributed by atoms with Gasteiger partial charge in [0.1, 0.15) is 13.2 Å². The van der Waals surface area contributed by atoms with Gasteiger partial charge in [-0.1, -0.05) is 281 Å². The summed E-state index contributed by atoms with van der Waals surface area (Å²) in [5.41, 5.74) is 0. The number of allylic oxidation sites excluding steroid dienone is 10. The van der Waals surface area contributed by atoms with Crippen molar-refractivity contribution in [3.8, 4) is 0 Å².